The molecule has 0 spiro atoms. The minimum atomic E-state index is -0.282. The van der Waals surface area contributed by atoms with Crippen LogP contribution in [-0.4, -0.2) is 29.5 Å². The van der Waals surface area contributed by atoms with Gasteiger partial charge in [-0.2, -0.15) is 0 Å². The number of nitrogens with one attached hydrogen (secondary N) is 1. The molecule has 0 amide bonds. The SMILES string of the molecule is CCOc1ccc(O)c(CNCCC(O)C(C)C)c1. The summed E-state index contributed by atoms with van der Waals surface area (Å²) in [7, 11) is 0. The second-order valence-electron chi connectivity index (χ2n) is 5.00. The minimum absolute atomic E-state index is 0.264. The number of hydrogen-bond acceptors (Lipinski definition) is 4. The van der Waals surface area contributed by atoms with E-state index in [1.54, 1.807) is 12.1 Å². The molecule has 1 aromatic rings. The molecule has 0 saturated carbocycles. The van der Waals surface area contributed by atoms with E-state index in [0.29, 0.717) is 19.6 Å². The largest absolute Gasteiger partial charge is 0.508 e. The van der Waals surface area contributed by atoms with Crippen LogP contribution in [0.3, 0.4) is 0 Å². The van der Waals surface area contributed by atoms with Gasteiger partial charge in [-0.05, 0) is 44.0 Å². The molecule has 1 aromatic carbocycles. The summed E-state index contributed by atoms with van der Waals surface area (Å²) in [5.74, 6) is 1.30. The van der Waals surface area contributed by atoms with Gasteiger partial charge in [-0.3, -0.25) is 0 Å². The van der Waals surface area contributed by atoms with Crippen molar-refractivity contribution < 1.29 is 14.9 Å². The van der Waals surface area contributed by atoms with Crippen LogP contribution in [0.5, 0.6) is 11.5 Å². The van der Waals surface area contributed by atoms with Crippen molar-refractivity contribution in [1.29, 1.82) is 0 Å². The Bertz CT molecular complexity index is 380. The van der Waals surface area contributed by atoms with Crippen LogP contribution in [0.4, 0.5) is 0 Å². The van der Waals surface area contributed by atoms with Gasteiger partial charge >= 0.3 is 0 Å². The van der Waals surface area contributed by atoms with Gasteiger partial charge in [-0.1, -0.05) is 13.8 Å². The van der Waals surface area contributed by atoms with E-state index in [2.05, 4.69) is 5.32 Å². The van der Waals surface area contributed by atoms with Gasteiger partial charge < -0.3 is 20.3 Å². The molecule has 108 valence electrons. The van der Waals surface area contributed by atoms with Crippen molar-refractivity contribution in [2.45, 2.75) is 39.8 Å². The number of phenols is 1. The Hall–Kier alpha value is -1.26. The normalized spacial score (nSPS) is 12.7. The van der Waals surface area contributed by atoms with Crippen molar-refractivity contribution in [3.63, 3.8) is 0 Å². The molecule has 0 heterocycles. The summed E-state index contributed by atoms with van der Waals surface area (Å²) in [6.45, 7) is 7.83. The van der Waals surface area contributed by atoms with Crippen LogP contribution in [0.25, 0.3) is 0 Å². The van der Waals surface area contributed by atoms with E-state index < -0.39 is 0 Å². The van der Waals surface area contributed by atoms with Crippen LogP contribution < -0.4 is 10.1 Å². The van der Waals surface area contributed by atoms with Crippen LogP contribution in [-0.2, 0) is 6.54 Å². The highest BCUT2D eigenvalue weighted by atomic mass is 16.5. The monoisotopic (exact) mass is 267 g/mol. The maximum atomic E-state index is 9.75. The van der Waals surface area contributed by atoms with Crippen LogP contribution in [0.1, 0.15) is 32.8 Å². The van der Waals surface area contributed by atoms with Gasteiger partial charge in [0.2, 0.25) is 0 Å². The molecule has 0 radical (unpaired) electrons. The van der Waals surface area contributed by atoms with Gasteiger partial charge in [0.25, 0.3) is 0 Å². The van der Waals surface area contributed by atoms with E-state index >= 15 is 0 Å². The highest BCUT2D eigenvalue weighted by molar-refractivity contribution is 5.39. The van der Waals surface area contributed by atoms with Gasteiger partial charge in [-0.15, -0.1) is 0 Å². The van der Waals surface area contributed by atoms with Crippen molar-refractivity contribution in [2.24, 2.45) is 5.92 Å². The van der Waals surface area contributed by atoms with E-state index in [-0.39, 0.29) is 17.8 Å². The zero-order valence-electron chi connectivity index (χ0n) is 12.0. The average molecular weight is 267 g/mol. The van der Waals surface area contributed by atoms with Crippen LogP contribution in [0.2, 0.25) is 0 Å². The zero-order chi connectivity index (χ0) is 14.3. The molecule has 0 aliphatic heterocycles. The van der Waals surface area contributed by atoms with Crippen molar-refractivity contribution in [2.75, 3.05) is 13.2 Å². The number of ether oxygens (including phenoxy) is 1. The molecule has 0 aromatic heterocycles. The summed E-state index contributed by atoms with van der Waals surface area (Å²) >= 11 is 0. The molecular weight excluding hydrogens is 242 g/mol. The highest BCUT2D eigenvalue weighted by Crippen LogP contribution is 2.22. The summed E-state index contributed by atoms with van der Waals surface area (Å²) in [6.07, 6.45) is 0.430. The number of hydrogen-bond donors (Lipinski definition) is 3. The number of aliphatic hydroxyl groups excluding tert-OH is 1. The molecule has 1 rings (SSSR count). The average Bonchev–Trinajstić information content (AvgIpc) is 2.38. The van der Waals surface area contributed by atoms with Crippen LogP contribution in [0.15, 0.2) is 18.2 Å². The van der Waals surface area contributed by atoms with Crippen LogP contribution >= 0.6 is 0 Å². The number of aromatic hydroxyl groups is 1. The second-order valence-corrected chi connectivity index (χ2v) is 5.00. The summed E-state index contributed by atoms with van der Waals surface area (Å²) in [6, 6.07) is 5.24. The predicted octanol–water partition coefficient (Wildman–Crippen LogP) is 2.29. The smallest absolute Gasteiger partial charge is 0.120 e. The molecule has 19 heavy (non-hydrogen) atoms. The van der Waals surface area contributed by atoms with Crippen LogP contribution in [0, 0.1) is 5.92 Å². The Kier molecular flexibility index (Phi) is 6.67. The lowest BCUT2D eigenvalue weighted by Gasteiger charge is -2.15. The molecule has 0 fully saturated rings. The summed E-state index contributed by atoms with van der Waals surface area (Å²) < 4.78 is 5.40. The number of aliphatic hydroxyl groups is 1. The fourth-order valence-corrected chi connectivity index (χ4v) is 1.77. The summed E-state index contributed by atoms with van der Waals surface area (Å²) in [5.41, 5.74) is 0.810. The van der Waals surface area contributed by atoms with Gasteiger partial charge in [0.15, 0.2) is 0 Å². The number of rotatable bonds is 8. The number of phenolic OH excluding ortho intramolecular Hbond substituents is 1. The van der Waals surface area contributed by atoms with Crippen molar-refractivity contribution in [3.8, 4) is 11.5 Å². The second kappa shape index (κ2) is 8.02. The molecule has 1 unspecified atom stereocenters. The van der Waals surface area contributed by atoms with Crippen molar-refractivity contribution in [1.82, 2.24) is 5.32 Å². The third-order valence-corrected chi connectivity index (χ3v) is 3.06. The van der Waals surface area contributed by atoms with E-state index in [0.717, 1.165) is 17.9 Å². The molecule has 0 aliphatic rings. The van der Waals surface area contributed by atoms with Gasteiger partial charge in [0.05, 0.1) is 12.7 Å². The Labute approximate surface area is 115 Å². The van der Waals surface area contributed by atoms with E-state index in [1.165, 1.54) is 0 Å². The first kappa shape index (κ1) is 15.8. The summed E-state index contributed by atoms with van der Waals surface area (Å²) in [4.78, 5) is 0. The molecule has 1 atom stereocenters. The van der Waals surface area contributed by atoms with Gasteiger partial charge in [0.1, 0.15) is 11.5 Å². The van der Waals surface area contributed by atoms with Crippen molar-refractivity contribution in [3.05, 3.63) is 23.8 Å². The molecule has 4 nitrogen and oxygen atoms in total. The maximum absolute atomic E-state index is 9.75. The Morgan fingerprint density at radius 3 is 2.68 bits per heavy atom. The Balaban J connectivity index is 2.42. The standard InChI is InChI=1S/C15H25NO3/c1-4-19-13-5-6-15(18)12(9-13)10-16-8-7-14(17)11(2)3/h5-6,9,11,14,16-18H,4,7-8,10H2,1-3H3. The molecule has 0 aliphatic carbocycles. The quantitative estimate of drug-likeness (QED) is 0.632. The fourth-order valence-electron chi connectivity index (χ4n) is 1.77. The first-order chi connectivity index (χ1) is 9.04. The molecule has 0 bridgehead atoms. The van der Waals surface area contributed by atoms with Gasteiger partial charge in [-0.25, -0.2) is 0 Å². The third-order valence-electron chi connectivity index (χ3n) is 3.06. The fraction of sp³-hybridized carbons (Fsp3) is 0.600. The molecule has 4 heteroatoms. The lowest BCUT2D eigenvalue weighted by molar-refractivity contribution is 0.116. The van der Waals surface area contributed by atoms with Crippen molar-refractivity contribution >= 4 is 0 Å². The lowest BCUT2D eigenvalue weighted by atomic mass is 10.0. The predicted molar refractivity (Wildman–Crippen MR) is 76.4 cm³/mol. The Morgan fingerprint density at radius 2 is 2.05 bits per heavy atom. The van der Waals surface area contributed by atoms with E-state index in [1.807, 2.05) is 26.8 Å². The molecule has 3 N–H and O–H groups in total. The highest BCUT2D eigenvalue weighted by Gasteiger charge is 2.08. The first-order valence-electron chi connectivity index (χ1n) is 6.88. The summed E-state index contributed by atoms with van der Waals surface area (Å²) in [5, 5.41) is 22.7. The zero-order valence-corrected chi connectivity index (χ0v) is 12.0. The molecule has 0 saturated heterocycles. The lowest BCUT2D eigenvalue weighted by Crippen LogP contribution is -2.23. The third kappa shape index (κ3) is 5.49. The van der Waals surface area contributed by atoms with E-state index in [4.69, 9.17) is 4.74 Å². The maximum Gasteiger partial charge on any atom is 0.120 e. The Morgan fingerprint density at radius 1 is 1.32 bits per heavy atom. The minimum Gasteiger partial charge on any atom is -0.508 e. The van der Waals surface area contributed by atoms with Gasteiger partial charge in [0, 0.05) is 12.1 Å². The topological polar surface area (TPSA) is 61.7 Å². The number of benzene rings is 1. The van der Waals surface area contributed by atoms with E-state index in [9.17, 15) is 10.2 Å². The molecular formula is C15H25NO3. The first-order valence-corrected chi connectivity index (χ1v) is 6.88.